The summed E-state index contributed by atoms with van der Waals surface area (Å²) in [5.41, 5.74) is 0.842. The minimum absolute atomic E-state index is 0.00592. The fourth-order valence-corrected chi connectivity index (χ4v) is 5.10. The van der Waals surface area contributed by atoms with Crippen LogP contribution in [-0.2, 0) is 9.59 Å². The molecule has 2 atom stereocenters. The molecule has 1 saturated carbocycles. The summed E-state index contributed by atoms with van der Waals surface area (Å²) in [6, 6.07) is 8.80. The van der Waals surface area contributed by atoms with E-state index in [-0.39, 0.29) is 18.4 Å². The van der Waals surface area contributed by atoms with Crippen molar-refractivity contribution in [1.82, 2.24) is 15.1 Å². The first kappa shape index (κ1) is 24.3. The summed E-state index contributed by atoms with van der Waals surface area (Å²) < 4.78 is 5.57. The van der Waals surface area contributed by atoms with Gasteiger partial charge in [0.15, 0.2) is 0 Å². The van der Waals surface area contributed by atoms with Gasteiger partial charge < -0.3 is 19.9 Å². The van der Waals surface area contributed by atoms with Crippen molar-refractivity contribution in [2.45, 2.75) is 64.5 Å². The molecule has 1 aliphatic heterocycles. The van der Waals surface area contributed by atoms with E-state index < -0.39 is 0 Å². The van der Waals surface area contributed by atoms with Gasteiger partial charge in [-0.1, -0.05) is 38.0 Å². The van der Waals surface area contributed by atoms with Crippen LogP contribution in [0, 0.1) is 5.92 Å². The van der Waals surface area contributed by atoms with E-state index >= 15 is 0 Å². The first-order valence-electron chi connectivity index (χ1n) is 12.2. The number of carbonyl (C=O) groups is 2. The Morgan fingerprint density at radius 2 is 1.88 bits per heavy atom. The summed E-state index contributed by atoms with van der Waals surface area (Å²) in [6.07, 6.45) is 10.5. The second kappa shape index (κ2) is 12.0. The van der Waals surface area contributed by atoms with Gasteiger partial charge in [0.2, 0.25) is 11.8 Å². The molecule has 1 saturated heterocycles. The quantitative estimate of drug-likeness (QED) is 0.625. The number of hydrogen-bond donors (Lipinski definition) is 1. The van der Waals surface area contributed by atoms with E-state index in [4.69, 9.17) is 4.74 Å². The summed E-state index contributed by atoms with van der Waals surface area (Å²) in [5, 5.41) is 2.72. The lowest BCUT2D eigenvalue weighted by Crippen LogP contribution is -2.51. The maximum absolute atomic E-state index is 12.6. The fraction of sp³-hybridized carbons (Fsp3) is 0.615. The van der Waals surface area contributed by atoms with Gasteiger partial charge in [-0.15, -0.1) is 0 Å². The maximum atomic E-state index is 12.6. The molecule has 0 spiro atoms. The lowest BCUT2D eigenvalue weighted by Gasteiger charge is -2.44. The molecule has 32 heavy (non-hydrogen) atoms. The molecule has 6 heteroatoms. The van der Waals surface area contributed by atoms with Crippen LogP contribution < -0.4 is 10.1 Å². The summed E-state index contributed by atoms with van der Waals surface area (Å²) >= 11 is 0. The standard InChI is InChI=1S/C26H39N3O3/c1-4-32-24-12-8-6-10-21(24)13-14-25(30)27-19-26(31)29-17-15-22(16-18-29)28(3)23-11-7-5-9-20(23)2/h6,8,10,12-14,20,22-23H,4-5,7,9,11,15-19H2,1-3H3,(H,27,30)/b14-13+/t20-,23-/m1/s1. The van der Waals surface area contributed by atoms with E-state index in [1.165, 1.54) is 31.8 Å². The average molecular weight is 442 g/mol. The Labute approximate surface area is 193 Å². The SMILES string of the molecule is CCOc1ccccc1/C=C/C(=O)NCC(=O)N1CCC(N(C)[C@@H]2CCCC[C@H]2C)CC1. The number of benzene rings is 1. The molecule has 1 aromatic rings. The Morgan fingerprint density at radius 1 is 1.16 bits per heavy atom. The van der Waals surface area contributed by atoms with E-state index in [9.17, 15) is 9.59 Å². The largest absolute Gasteiger partial charge is 0.493 e. The highest BCUT2D eigenvalue weighted by Crippen LogP contribution is 2.30. The highest BCUT2D eigenvalue weighted by Gasteiger charge is 2.32. The molecule has 3 rings (SSSR count). The summed E-state index contributed by atoms with van der Waals surface area (Å²) in [7, 11) is 2.27. The lowest BCUT2D eigenvalue weighted by atomic mass is 9.84. The molecule has 2 fully saturated rings. The Balaban J connectivity index is 1.42. The van der Waals surface area contributed by atoms with Crippen molar-refractivity contribution < 1.29 is 14.3 Å². The predicted molar refractivity (Wildman–Crippen MR) is 128 cm³/mol. The Morgan fingerprint density at radius 3 is 2.59 bits per heavy atom. The number of ether oxygens (including phenoxy) is 1. The highest BCUT2D eigenvalue weighted by atomic mass is 16.5. The first-order valence-corrected chi connectivity index (χ1v) is 12.2. The molecule has 1 aromatic carbocycles. The van der Waals surface area contributed by atoms with Crippen LogP contribution in [0.5, 0.6) is 5.75 Å². The number of rotatable bonds is 8. The lowest BCUT2D eigenvalue weighted by molar-refractivity contribution is -0.133. The molecule has 1 N–H and O–H groups in total. The third kappa shape index (κ3) is 6.58. The van der Waals surface area contributed by atoms with Gasteiger partial charge in [0.1, 0.15) is 5.75 Å². The number of nitrogens with zero attached hydrogens (tertiary/aromatic N) is 2. The third-order valence-corrected chi connectivity index (χ3v) is 7.03. The molecule has 2 aliphatic rings. The van der Waals surface area contributed by atoms with Gasteiger partial charge >= 0.3 is 0 Å². The van der Waals surface area contributed by atoms with Gasteiger partial charge in [0.25, 0.3) is 0 Å². The molecule has 2 amide bonds. The number of para-hydroxylation sites is 1. The predicted octanol–water partition coefficient (Wildman–Crippen LogP) is 3.72. The van der Waals surface area contributed by atoms with Crippen molar-refractivity contribution in [3.8, 4) is 5.75 Å². The van der Waals surface area contributed by atoms with Crippen LogP contribution in [0.3, 0.4) is 0 Å². The number of likely N-dealkylation sites (tertiary alicyclic amines) is 1. The zero-order valence-electron chi connectivity index (χ0n) is 19.9. The topological polar surface area (TPSA) is 61.9 Å². The van der Waals surface area contributed by atoms with E-state index in [0.717, 1.165) is 43.2 Å². The van der Waals surface area contributed by atoms with Crippen molar-refractivity contribution in [1.29, 1.82) is 0 Å². The van der Waals surface area contributed by atoms with Crippen molar-refractivity contribution in [2.75, 3.05) is 33.3 Å². The normalized spacial score (nSPS) is 22.3. The number of carbonyl (C=O) groups excluding carboxylic acids is 2. The zero-order chi connectivity index (χ0) is 22.9. The molecule has 0 aromatic heterocycles. The van der Waals surface area contributed by atoms with Crippen molar-refractivity contribution in [3.63, 3.8) is 0 Å². The number of hydrogen-bond acceptors (Lipinski definition) is 4. The van der Waals surface area contributed by atoms with Crippen molar-refractivity contribution >= 4 is 17.9 Å². The fourth-order valence-electron chi connectivity index (χ4n) is 5.10. The van der Waals surface area contributed by atoms with Gasteiger partial charge in [-0.05, 0) is 57.7 Å². The Bertz CT molecular complexity index is 786. The van der Waals surface area contributed by atoms with E-state index in [2.05, 4.69) is 24.2 Å². The minimum atomic E-state index is -0.273. The monoisotopic (exact) mass is 441 g/mol. The van der Waals surface area contributed by atoms with Crippen LogP contribution in [0.2, 0.25) is 0 Å². The number of nitrogens with one attached hydrogen (secondary N) is 1. The Hall–Kier alpha value is -2.34. The van der Waals surface area contributed by atoms with Crippen molar-refractivity contribution in [3.05, 3.63) is 35.9 Å². The van der Waals surface area contributed by atoms with Crippen LogP contribution >= 0.6 is 0 Å². The van der Waals surface area contributed by atoms with Gasteiger partial charge in [0.05, 0.1) is 13.2 Å². The van der Waals surface area contributed by atoms with Crippen molar-refractivity contribution in [2.24, 2.45) is 5.92 Å². The molecular weight excluding hydrogens is 402 g/mol. The average Bonchev–Trinajstić information content (AvgIpc) is 2.82. The van der Waals surface area contributed by atoms with Crippen LogP contribution in [0.4, 0.5) is 0 Å². The van der Waals surface area contributed by atoms with Gasteiger partial charge in [-0.3, -0.25) is 9.59 Å². The van der Waals surface area contributed by atoms with Gasteiger partial charge in [0, 0.05) is 36.8 Å². The first-order chi connectivity index (χ1) is 15.5. The third-order valence-electron chi connectivity index (χ3n) is 7.03. The van der Waals surface area contributed by atoms with Gasteiger partial charge in [-0.25, -0.2) is 0 Å². The Kier molecular flexibility index (Phi) is 9.15. The molecule has 0 unspecified atom stereocenters. The smallest absolute Gasteiger partial charge is 0.244 e. The summed E-state index contributed by atoms with van der Waals surface area (Å²) in [6.45, 7) is 6.45. The molecule has 1 heterocycles. The van der Waals surface area contributed by atoms with E-state index in [0.29, 0.717) is 18.7 Å². The van der Waals surface area contributed by atoms with Crippen LogP contribution in [-0.4, -0.2) is 67.0 Å². The second-order valence-electron chi connectivity index (χ2n) is 9.13. The number of piperidine rings is 1. The second-order valence-corrected chi connectivity index (χ2v) is 9.13. The molecule has 0 radical (unpaired) electrons. The molecule has 0 bridgehead atoms. The van der Waals surface area contributed by atoms with Gasteiger partial charge in [-0.2, -0.15) is 0 Å². The van der Waals surface area contributed by atoms with E-state index in [1.807, 2.05) is 36.1 Å². The van der Waals surface area contributed by atoms with Crippen LogP contribution in [0.25, 0.3) is 6.08 Å². The molecule has 6 nitrogen and oxygen atoms in total. The number of amides is 2. The summed E-state index contributed by atoms with van der Waals surface area (Å²) in [5.74, 6) is 1.22. The molecule has 1 aliphatic carbocycles. The summed E-state index contributed by atoms with van der Waals surface area (Å²) in [4.78, 5) is 29.3. The zero-order valence-corrected chi connectivity index (χ0v) is 19.9. The van der Waals surface area contributed by atoms with E-state index in [1.54, 1.807) is 6.08 Å². The molecular formula is C26H39N3O3. The molecule has 176 valence electrons. The minimum Gasteiger partial charge on any atom is -0.493 e. The highest BCUT2D eigenvalue weighted by molar-refractivity contribution is 5.94. The maximum Gasteiger partial charge on any atom is 0.244 e. The van der Waals surface area contributed by atoms with Crippen LogP contribution in [0.1, 0.15) is 57.9 Å². The van der Waals surface area contributed by atoms with Crippen LogP contribution in [0.15, 0.2) is 30.3 Å².